The van der Waals surface area contributed by atoms with E-state index >= 15 is 0 Å². The van der Waals surface area contributed by atoms with Crippen LogP contribution in [0.1, 0.15) is 6.92 Å². The molecular formula is C12H21N5S. The molecule has 0 N–H and O–H groups in total. The van der Waals surface area contributed by atoms with Gasteiger partial charge in [-0.05, 0) is 21.0 Å². The van der Waals surface area contributed by atoms with E-state index < -0.39 is 0 Å². The highest BCUT2D eigenvalue weighted by Crippen LogP contribution is 2.03. The first kappa shape index (κ1) is 13.3. The number of thiazole rings is 1. The summed E-state index contributed by atoms with van der Waals surface area (Å²) in [6.07, 6.45) is 2.07. The Balaban J connectivity index is 2.10. The molecule has 2 rings (SSSR count). The Kier molecular flexibility index (Phi) is 4.54. The monoisotopic (exact) mass is 267 g/mol. The molecule has 1 aromatic rings. The SMILES string of the molecule is CCn1ccs/c1=N/C1=NCCN1CCN(C)C. The topological polar surface area (TPSA) is 36.1 Å². The molecule has 0 spiro atoms. The first-order valence-corrected chi connectivity index (χ1v) is 7.21. The van der Waals surface area contributed by atoms with Crippen LogP contribution in [0.2, 0.25) is 0 Å². The minimum Gasteiger partial charge on any atom is -0.338 e. The summed E-state index contributed by atoms with van der Waals surface area (Å²) < 4.78 is 2.15. The van der Waals surface area contributed by atoms with Crippen LogP contribution >= 0.6 is 11.3 Å². The van der Waals surface area contributed by atoms with E-state index in [1.54, 1.807) is 11.3 Å². The van der Waals surface area contributed by atoms with Gasteiger partial charge in [0.15, 0.2) is 4.80 Å². The fourth-order valence-electron chi connectivity index (χ4n) is 1.82. The predicted molar refractivity (Wildman–Crippen MR) is 76.0 cm³/mol. The van der Waals surface area contributed by atoms with Crippen LogP contribution in [0.15, 0.2) is 21.6 Å². The lowest BCUT2D eigenvalue weighted by atomic mass is 10.5. The highest BCUT2D eigenvalue weighted by Gasteiger charge is 2.16. The summed E-state index contributed by atoms with van der Waals surface area (Å²) in [5, 5.41) is 2.07. The van der Waals surface area contributed by atoms with E-state index in [1.165, 1.54) is 0 Å². The zero-order chi connectivity index (χ0) is 13.0. The van der Waals surface area contributed by atoms with Crippen molar-refractivity contribution in [1.82, 2.24) is 14.4 Å². The van der Waals surface area contributed by atoms with Crippen molar-refractivity contribution in [2.75, 3.05) is 40.3 Å². The molecule has 0 saturated carbocycles. The van der Waals surface area contributed by atoms with Gasteiger partial charge in [-0.2, -0.15) is 4.99 Å². The number of nitrogens with zero attached hydrogens (tertiary/aromatic N) is 5. The summed E-state index contributed by atoms with van der Waals surface area (Å²) in [6.45, 7) is 6.97. The van der Waals surface area contributed by atoms with Crippen molar-refractivity contribution in [2.24, 2.45) is 9.98 Å². The lowest BCUT2D eigenvalue weighted by Gasteiger charge is -2.19. The maximum Gasteiger partial charge on any atom is 0.223 e. The number of hydrogen-bond donors (Lipinski definition) is 0. The first-order chi connectivity index (χ1) is 8.70. The third-order valence-electron chi connectivity index (χ3n) is 2.92. The van der Waals surface area contributed by atoms with Crippen LogP contribution in [0.4, 0.5) is 0 Å². The van der Waals surface area contributed by atoms with Gasteiger partial charge in [-0.15, -0.1) is 11.3 Å². The maximum absolute atomic E-state index is 4.69. The molecule has 18 heavy (non-hydrogen) atoms. The number of hydrogen-bond acceptors (Lipinski definition) is 5. The number of aryl methyl sites for hydroxylation is 1. The standard InChI is InChI=1S/C12H21N5S/c1-4-16-9-10-18-12(16)14-11-13-5-6-17(11)8-7-15(2)3/h9-10H,4-8H2,1-3H3/b14-12+. The van der Waals surface area contributed by atoms with E-state index in [9.17, 15) is 0 Å². The number of guanidine groups is 1. The number of aromatic nitrogens is 1. The Bertz CT molecular complexity index is 471. The minimum atomic E-state index is 0.865. The van der Waals surface area contributed by atoms with Crippen LogP contribution in [0.3, 0.4) is 0 Å². The Hall–Kier alpha value is -1.14. The summed E-state index contributed by atoms with van der Waals surface area (Å²) in [5.74, 6) is 0.890. The van der Waals surface area contributed by atoms with Crippen molar-refractivity contribution in [1.29, 1.82) is 0 Å². The Morgan fingerprint density at radius 1 is 1.50 bits per heavy atom. The molecule has 0 aliphatic carbocycles. The van der Waals surface area contributed by atoms with Gasteiger partial charge in [-0.25, -0.2) is 4.99 Å². The summed E-state index contributed by atoms with van der Waals surface area (Å²) in [5.41, 5.74) is 0. The predicted octanol–water partition coefficient (Wildman–Crippen LogP) is 0.703. The van der Waals surface area contributed by atoms with Gasteiger partial charge in [0.1, 0.15) is 0 Å². The van der Waals surface area contributed by atoms with Crippen LogP contribution in [0.25, 0.3) is 0 Å². The van der Waals surface area contributed by atoms with Gasteiger partial charge in [-0.3, -0.25) is 0 Å². The highest BCUT2D eigenvalue weighted by atomic mass is 32.1. The van der Waals surface area contributed by atoms with Crippen molar-refractivity contribution >= 4 is 17.3 Å². The third-order valence-corrected chi connectivity index (χ3v) is 3.71. The molecule has 1 aliphatic rings. The zero-order valence-electron chi connectivity index (χ0n) is 11.3. The molecule has 1 aromatic heterocycles. The Morgan fingerprint density at radius 3 is 3.06 bits per heavy atom. The van der Waals surface area contributed by atoms with E-state index in [-0.39, 0.29) is 0 Å². The molecule has 0 radical (unpaired) electrons. The number of aliphatic imine (C=N–C) groups is 1. The van der Waals surface area contributed by atoms with E-state index in [4.69, 9.17) is 0 Å². The van der Waals surface area contributed by atoms with Crippen molar-refractivity contribution < 1.29 is 0 Å². The number of rotatable bonds is 4. The van der Waals surface area contributed by atoms with Gasteiger partial charge < -0.3 is 14.4 Å². The molecular weight excluding hydrogens is 246 g/mol. The molecule has 0 atom stereocenters. The van der Waals surface area contributed by atoms with Crippen LogP contribution in [0, 0.1) is 0 Å². The second-order valence-electron chi connectivity index (χ2n) is 4.56. The van der Waals surface area contributed by atoms with E-state index in [2.05, 4.69) is 56.9 Å². The Labute approximate surface area is 112 Å². The maximum atomic E-state index is 4.69. The quantitative estimate of drug-likeness (QED) is 0.805. The van der Waals surface area contributed by atoms with Crippen molar-refractivity contribution in [3.8, 4) is 0 Å². The van der Waals surface area contributed by atoms with E-state index in [1.807, 2.05) is 0 Å². The minimum absolute atomic E-state index is 0.865. The molecule has 0 bridgehead atoms. The highest BCUT2D eigenvalue weighted by molar-refractivity contribution is 7.07. The first-order valence-electron chi connectivity index (χ1n) is 6.33. The summed E-state index contributed by atoms with van der Waals surface area (Å²) in [7, 11) is 4.18. The largest absolute Gasteiger partial charge is 0.338 e. The molecule has 0 unspecified atom stereocenters. The van der Waals surface area contributed by atoms with Crippen LogP contribution in [-0.2, 0) is 6.54 Å². The molecule has 1 aliphatic heterocycles. The van der Waals surface area contributed by atoms with Gasteiger partial charge in [0.2, 0.25) is 5.96 Å². The molecule has 0 amide bonds. The molecule has 0 saturated heterocycles. The summed E-state index contributed by atoms with van der Waals surface area (Å²) in [4.78, 5) is 14.7. The van der Waals surface area contributed by atoms with Gasteiger partial charge >= 0.3 is 0 Å². The lowest BCUT2D eigenvalue weighted by Crippen LogP contribution is -2.34. The third kappa shape index (κ3) is 3.20. The fraction of sp³-hybridized carbons (Fsp3) is 0.667. The second-order valence-corrected chi connectivity index (χ2v) is 5.43. The van der Waals surface area contributed by atoms with Gasteiger partial charge in [0.05, 0.1) is 6.54 Å². The zero-order valence-corrected chi connectivity index (χ0v) is 12.2. The average Bonchev–Trinajstić information content (AvgIpc) is 2.96. The van der Waals surface area contributed by atoms with Crippen molar-refractivity contribution in [3.63, 3.8) is 0 Å². The van der Waals surface area contributed by atoms with Crippen molar-refractivity contribution in [2.45, 2.75) is 13.5 Å². The van der Waals surface area contributed by atoms with Crippen LogP contribution < -0.4 is 4.80 Å². The normalized spacial score (nSPS) is 16.8. The Morgan fingerprint density at radius 2 is 2.33 bits per heavy atom. The summed E-state index contributed by atoms with van der Waals surface area (Å²) >= 11 is 1.67. The fourth-order valence-corrected chi connectivity index (χ4v) is 2.61. The van der Waals surface area contributed by atoms with Gasteiger partial charge in [0, 0.05) is 37.8 Å². The van der Waals surface area contributed by atoms with Crippen LogP contribution in [-0.4, -0.2) is 60.6 Å². The molecule has 5 nitrogen and oxygen atoms in total. The van der Waals surface area contributed by atoms with E-state index in [0.29, 0.717) is 0 Å². The second kappa shape index (κ2) is 6.15. The lowest BCUT2D eigenvalue weighted by molar-refractivity contribution is 0.341. The summed E-state index contributed by atoms with van der Waals surface area (Å²) in [6, 6.07) is 0. The molecule has 0 fully saturated rings. The average molecular weight is 267 g/mol. The number of likely N-dealkylation sites (N-methyl/N-ethyl adjacent to an activating group) is 1. The van der Waals surface area contributed by atoms with Gasteiger partial charge in [-0.1, -0.05) is 0 Å². The molecule has 6 heteroatoms. The van der Waals surface area contributed by atoms with Crippen LogP contribution in [0.5, 0.6) is 0 Å². The molecule has 100 valence electrons. The molecule has 2 heterocycles. The van der Waals surface area contributed by atoms with Gasteiger partial charge in [0.25, 0.3) is 0 Å². The molecule has 0 aromatic carbocycles. The smallest absolute Gasteiger partial charge is 0.223 e. The van der Waals surface area contributed by atoms with E-state index in [0.717, 1.165) is 43.5 Å². The van der Waals surface area contributed by atoms with Crippen molar-refractivity contribution in [3.05, 3.63) is 16.4 Å².